The zero-order valence-electron chi connectivity index (χ0n) is 20.2. The average Bonchev–Trinajstić information content (AvgIpc) is 2.81. The highest BCUT2D eigenvalue weighted by atomic mass is 16.5. The Bertz CT molecular complexity index is 924. The number of hydrogen-bond acceptors (Lipinski definition) is 8. The SMILES string of the molecule is CC(C)OC(=O)CN1Cc2cc(C(=O)CCC(=O)N(CCO)C3CCCCC3)ccc2N=C1N. The van der Waals surface area contributed by atoms with Crippen molar-refractivity contribution in [3.05, 3.63) is 29.3 Å². The molecule has 0 bridgehead atoms. The zero-order chi connectivity index (χ0) is 24.7. The number of rotatable bonds is 10. The van der Waals surface area contributed by atoms with Gasteiger partial charge in [-0.05, 0) is 50.5 Å². The molecule has 0 radical (unpaired) electrons. The van der Waals surface area contributed by atoms with Crippen molar-refractivity contribution in [1.82, 2.24) is 9.80 Å². The predicted molar refractivity (Wildman–Crippen MR) is 129 cm³/mol. The Morgan fingerprint density at radius 2 is 1.94 bits per heavy atom. The molecule has 1 fully saturated rings. The Kier molecular flexibility index (Phi) is 9.04. The highest BCUT2D eigenvalue weighted by Gasteiger charge is 2.26. The first-order valence-electron chi connectivity index (χ1n) is 12.1. The molecule has 0 saturated heterocycles. The maximum absolute atomic E-state index is 12.9. The first-order valence-corrected chi connectivity index (χ1v) is 12.1. The van der Waals surface area contributed by atoms with Gasteiger partial charge in [-0.25, -0.2) is 4.99 Å². The number of guanidine groups is 1. The van der Waals surface area contributed by atoms with E-state index in [1.807, 2.05) is 0 Å². The number of aliphatic imine (C=N–C) groups is 1. The Balaban J connectivity index is 1.61. The van der Waals surface area contributed by atoms with Crippen molar-refractivity contribution < 1.29 is 24.2 Å². The second-order valence-electron chi connectivity index (χ2n) is 9.23. The van der Waals surface area contributed by atoms with Crippen LogP contribution >= 0.6 is 0 Å². The Labute approximate surface area is 201 Å². The number of amides is 1. The monoisotopic (exact) mass is 472 g/mol. The van der Waals surface area contributed by atoms with Crippen LogP contribution in [0.5, 0.6) is 0 Å². The van der Waals surface area contributed by atoms with E-state index in [2.05, 4.69) is 4.99 Å². The molecule has 3 rings (SSSR count). The lowest BCUT2D eigenvalue weighted by Gasteiger charge is -2.34. The van der Waals surface area contributed by atoms with Crippen LogP contribution < -0.4 is 5.73 Å². The van der Waals surface area contributed by atoms with Crippen LogP contribution in [0.15, 0.2) is 23.2 Å². The number of carbonyl (C=O) groups excluding carboxylic acids is 3. The summed E-state index contributed by atoms with van der Waals surface area (Å²) in [6.45, 7) is 4.10. The second kappa shape index (κ2) is 12.0. The Morgan fingerprint density at radius 3 is 2.62 bits per heavy atom. The van der Waals surface area contributed by atoms with Gasteiger partial charge in [-0.2, -0.15) is 0 Å². The van der Waals surface area contributed by atoms with Crippen molar-refractivity contribution in [2.75, 3.05) is 19.7 Å². The van der Waals surface area contributed by atoms with Gasteiger partial charge in [-0.1, -0.05) is 19.3 Å². The van der Waals surface area contributed by atoms with Gasteiger partial charge in [-0.3, -0.25) is 14.4 Å². The molecule has 0 spiro atoms. The lowest BCUT2D eigenvalue weighted by atomic mass is 9.93. The molecule has 9 nitrogen and oxygen atoms in total. The number of ether oxygens (including phenoxy) is 1. The molecule has 1 aromatic carbocycles. The fourth-order valence-electron chi connectivity index (χ4n) is 4.59. The predicted octanol–water partition coefficient (Wildman–Crippen LogP) is 2.52. The molecule has 1 saturated carbocycles. The van der Waals surface area contributed by atoms with Crippen LogP contribution in [-0.4, -0.2) is 70.4 Å². The van der Waals surface area contributed by atoms with Gasteiger partial charge in [0.1, 0.15) is 6.54 Å². The number of aliphatic hydroxyl groups excluding tert-OH is 1. The van der Waals surface area contributed by atoms with Crippen LogP contribution in [0, 0.1) is 0 Å². The molecule has 1 aliphatic heterocycles. The number of carbonyl (C=O) groups is 3. The summed E-state index contributed by atoms with van der Waals surface area (Å²) < 4.78 is 5.19. The van der Waals surface area contributed by atoms with E-state index in [1.165, 1.54) is 6.42 Å². The summed E-state index contributed by atoms with van der Waals surface area (Å²) in [7, 11) is 0. The minimum atomic E-state index is -0.396. The maximum atomic E-state index is 12.9. The third-order valence-electron chi connectivity index (χ3n) is 6.25. The van der Waals surface area contributed by atoms with Gasteiger partial charge in [0.25, 0.3) is 0 Å². The number of Topliss-reactive ketones (excluding diaryl/α,β-unsaturated/α-hetero) is 1. The van der Waals surface area contributed by atoms with Crippen molar-refractivity contribution in [3.8, 4) is 0 Å². The Hall–Kier alpha value is -2.94. The summed E-state index contributed by atoms with van der Waals surface area (Å²) >= 11 is 0. The maximum Gasteiger partial charge on any atom is 0.325 e. The van der Waals surface area contributed by atoms with E-state index >= 15 is 0 Å². The number of nitrogens with two attached hydrogens (primary N) is 1. The molecule has 34 heavy (non-hydrogen) atoms. The normalized spacial score (nSPS) is 16.1. The van der Waals surface area contributed by atoms with E-state index in [0.29, 0.717) is 24.3 Å². The molecule has 3 N–H and O–H groups in total. The molecular formula is C25H36N4O5. The van der Waals surface area contributed by atoms with E-state index in [-0.39, 0.29) is 55.8 Å². The largest absolute Gasteiger partial charge is 0.462 e. The van der Waals surface area contributed by atoms with Crippen molar-refractivity contribution in [2.45, 2.75) is 77.5 Å². The highest BCUT2D eigenvalue weighted by molar-refractivity contribution is 5.99. The summed E-state index contributed by atoms with van der Waals surface area (Å²) in [4.78, 5) is 45.5. The van der Waals surface area contributed by atoms with Crippen LogP contribution in [0.25, 0.3) is 0 Å². The molecule has 9 heteroatoms. The molecule has 1 aliphatic carbocycles. The van der Waals surface area contributed by atoms with Crippen LogP contribution in [-0.2, 0) is 20.9 Å². The quantitative estimate of drug-likeness (QED) is 0.396. The third-order valence-corrected chi connectivity index (χ3v) is 6.25. The smallest absolute Gasteiger partial charge is 0.325 e. The standard InChI is InChI=1S/C25H36N4O5/c1-17(2)34-24(33)16-28-15-19-14-18(8-9-21(19)27-25(28)26)22(31)10-11-23(32)29(12-13-30)20-6-4-3-5-7-20/h8-9,14,17,20,30H,3-7,10-13,15-16H2,1-2H3,(H2,26,27). The minimum absolute atomic E-state index is 0.0263. The van der Waals surface area contributed by atoms with Gasteiger partial charge in [0.2, 0.25) is 5.91 Å². The summed E-state index contributed by atoms with van der Waals surface area (Å²) in [5.41, 5.74) is 7.95. The number of hydrogen-bond donors (Lipinski definition) is 2. The number of nitrogens with zero attached hydrogens (tertiary/aromatic N) is 3. The van der Waals surface area contributed by atoms with Gasteiger partial charge in [0.15, 0.2) is 11.7 Å². The van der Waals surface area contributed by atoms with Crippen LogP contribution in [0.3, 0.4) is 0 Å². The van der Waals surface area contributed by atoms with Gasteiger partial charge < -0.3 is 25.4 Å². The molecule has 0 unspecified atom stereocenters. The minimum Gasteiger partial charge on any atom is -0.462 e. The van der Waals surface area contributed by atoms with E-state index < -0.39 is 5.97 Å². The van der Waals surface area contributed by atoms with Crippen LogP contribution in [0.4, 0.5) is 5.69 Å². The van der Waals surface area contributed by atoms with Gasteiger partial charge in [0.05, 0.1) is 18.4 Å². The summed E-state index contributed by atoms with van der Waals surface area (Å²) in [6.07, 6.45) is 5.26. The number of benzene rings is 1. The highest BCUT2D eigenvalue weighted by Crippen LogP contribution is 2.27. The van der Waals surface area contributed by atoms with Gasteiger partial charge in [-0.15, -0.1) is 0 Å². The summed E-state index contributed by atoms with van der Waals surface area (Å²) in [6, 6.07) is 5.34. The number of aliphatic hydroxyl groups is 1. The molecule has 1 heterocycles. The molecule has 0 atom stereocenters. The van der Waals surface area contributed by atoms with E-state index in [1.54, 1.807) is 41.8 Å². The zero-order valence-corrected chi connectivity index (χ0v) is 20.2. The fraction of sp³-hybridized carbons (Fsp3) is 0.600. The van der Waals surface area contributed by atoms with E-state index in [0.717, 1.165) is 31.2 Å². The lowest BCUT2D eigenvalue weighted by molar-refractivity contribution is -0.147. The molecule has 0 aromatic heterocycles. The molecular weight excluding hydrogens is 436 g/mol. The van der Waals surface area contributed by atoms with Crippen molar-refractivity contribution in [2.24, 2.45) is 10.7 Å². The third kappa shape index (κ3) is 6.79. The fourth-order valence-corrected chi connectivity index (χ4v) is 4.59. The van der Waals surface area contributed by atoms with Crippen LogP contribution in [0.2, 0.25) is 0 Å². The number of ketones is 1. The van der Waals surface area contributed by atoms with E-state index in [9.17, 15) is 19.5 Å². The summed E-state index contributed by atoms with van der Waals surface area (Å²) in [5, 5.41) is 9.41. The van der Waals surface area contributed by atoms with Crippen molar-refractivity contribution in [3.63, 3.8) is 0 Å². The first-order chi connectivity index (χ1) is 16.3. The van der Waals surface area contributed by atoms with E-state index in [4.69, 9.17) is 10.5 Å². The molecule has 1 amide bonds. The van der Waals surface area contributed by atoms with Crippen LogP contribution in [0.1, 0.15) is 74.7 Å². The molecule has 2 aliphatic rings. The topological polar surface area (TPSA) is 126 Å². The van der Waals surface area contributed by atoms with Gasteiger partial charge >= 0.3 is 5.97 Å². The Morgan fingerprint density at radius 1 is 1.21 bits per heavy atom. The number of esters is 1. The lowest BCUT2D eigenvalue weighted by Crippen LogP contribution is -2.43. The second-order valence-corrected chi connectivity index (χ2v) is 9.23. The van der Waals surface area contributed by atoms with Crippen molar-refractivity contribution in [1.29, 1.82) is 0 Å². The summed E-state index contributed by atoms with van der Waals surface area (Å²) in [5.74, 6) is -0.381. The average molecular weight is 473 g/mol. The molecule has 1 aromatic rings. The van der Waals surface area contributed by atoms with Gasteiger partial charge in [0, 0.05) is 37.5 Å². The molecule has 186 valence electrons. The number of fused-ring (bicyclic) bond motifs is 1. The first kappa shape index (κ1) is 25.7. The van der Waals surface area contributed by atoms with Crippen molar-refractivity contribution >= 4 is 29.3 Å².